The average Bonchev–Trinajstić information content (AvgIpc) is 2.21. The number of hydrogen-bond acceptors (Lipinski definition) is 4. The molecule has 0 radical (unpaired) electrons. The molecule has 0 fully saturated rings. The standard InChI is InChI=1S/3C4H7O.H2O.Ti/c3*1-4(2)3-5;;/h3*1,3H2,2H3;1H2;/q3*-1;;+4/p-1. The summed E-state index contributed by atoms with van der Waals surface area (Å²) in [5, 5.41) is 0. The fourth-order valence-corrected chi connectivity index (χ4v) is 3.17. The van der Waals surface area contributed by atoms with E-state index in [2.05, 4.69) is 19.7 Å². The zero-order chi connectivity index (χ0) is 13.5. The Morgan fingerprint density at radius 3 is 1.24 bits per heavy atom. The summed E-state index contributed by atoms with van der Waals surface area (Å²) < 4.78 is 26.1. The average molecular weight is 278 g/mol. The zero-order valence-electron chi connectivity index (χ0n) is 10.9. The Kier molecular flexibility index (Phi) is 7.87. The van der Waals surface area contributed by atoms with Crippen molar-refractivity contribution in [2.75, 3.05) is 19.8 Å². The Balaban J connectivity index is 4.37. The molecule has 98 valence electrons. The molecule has 0 aliphatic rings. The molecule has 0 aromatic carbocycles. The molecule has 0 atom stereocenters. The Hall–Kier alpha value is -0.226. The SMILES string of the molecule is C=C(C)C[O][Ti]([OH])([O]CC(=C)C)[O]CC(=C)C. The van der Waals surface area contributed by atoms with Gasteiger partial charge in [0.05, 0.1) is 0 Å². The second-order valence-corrected chi connectivity index (χ2v) is 7.25. The van der Waals surface area contributed by atoms with Crippen LogP contribution in [-0.4, -0.2) is 23.5 Å². The molecular weight excluding hydrogens is 256 g/mol. The van der Waals surface area contributed by atoms with Crippen molar-refractivity contribution in [2.24, 2.45) is 0 Å². The minimum absolute atomic E-state index is 0.225. The fraction of sp³-hybridized carbons (Fsp3) is 0.500. The van der Waals surface area contributed by atoms with Crippen LogP contribution in [0.15, 0.2) is 36.5 Å². The van der Waals surface area contributed by atoms with E-state index in [9.17, 15) is 3.69 Å². The van der Waals surface area contributed by atoms with Crippen LogP contribution < -0.4 is 0 Å². The Labute approximate surface area is 109 Å². The predicted molar refractivity (Wildman–Crippen MR) is 64.5 cm³/mol. The minimum atomic E-state index is -4.16. The van der Waals surface area contributed by atoms with E-state index in [1.165, 1.54) is 0 Å². The maximum absolute atomic E-state index is 10.2. The summed E-state index contributed by atoms with van der Waals surface area (Å²) in [6.07, 6.45) is 0. The van der Waals surface area contributed by atoms with Gasteiger partial charge in [0.15, 0.2) is 0 Å². The third-order valence-corrected chi connectivity index (χ3v) is 3.89. The van der Waals surface area contributed by atoms with E-state index in [1.54, 1.807) is 20.8 Å². The van der Waals surface area contributed by atoms with Crippen molar-refractivity contribution in [2.45, 2.75) is 20.8 Å². The van der Waals surface area contributed by atoms with Crippen LogP contribution in [-0.2, 0) is 28.1 Å². The van der Waals surface area contributed by atoms with Gasteiger partial charge in [0, 0.05) is 0 Å². The summed E-state index contributed by atoms with van der Waals surface area (Å²) in [6.45, 7) is 17.2. The molecule has 5 heteroatoms. The van der Waals surface area contributed by atoms with E-state index in [1.807, 2.05) is 0 Å². The van der Waals surface area contributed by atoms with Gasteiger partial charge in [-0.2, -0.15) is 0 Å². The molecule has 0 aliphatic carbocycles. The van der Waals surface area contributed by atoms with E-state index >= 15 is 0 Å². The monoisotopic (exact) mass is 278 g/mol. The van der Waals surface area contributed by atoms with Crippen molar-refractivity contribution in [1.29, 1.82) is 0 Å². The molecule has 0 aromatic rings. The second-order valence-electron chi connectivity index (χ2n) is 4.26. The molecule has 0 amide bonds. The quantitative estimate of drug-likeness (QED) is 0.520. The van der Waals surface area contributed by atoms with E-state index in [4.69, 9.17) is 9.96 Å². The van der Waals surface area contributed by atoms with Crippen LogP contribution in [0.1, 0.15) is 20.8 Å². The van der Waals surface area contributed by atoms with E-state index in [0.29, 0.717) is 0 Å². The van der Waals surface area contributed by atoms with Gasteiger partial charge in [-0.3, -0.25) is 0 Å². The van der Waals surface area contributed by atoms with E-state index in [0.717, 1.165) is 16.7 Å². The molecule has 0 saturated carbocycles. The van der Waals surface area contributed by atoms with Gasteiger partial charge in [0.1, 0.15) is 0 Å². The summed E-state index contributed by atoms with van der Waals surface area (Å²) in [5.41, 5.74) is 2.39. The summed E-state index contributed by atoms with van der Waals surface area (Å²) in [6, 6.07) is 0. The van der Waals surface area contributed by atoms with Gasteiger partial charge in [-0.1, -0.05) is 0 Å². The Bertz CT molecular complexity index is 253. The Morgan fingerprint density at radius 2 is 1.06 bits per heavy atom. The van der Waals surface area contributed by atoms with Gasteiger partial charge in [0.2, 0.25) is 0 Å². The van der Waals surface area contributed by atoms with Crippen molar-refractivity contribution in [1.82, 2.24) is 0 Å². The molecule has 0 rings (SSSR count). The van der Waals surface area contributed by atoms with Crippen molar-refractivity contribution in [3.8, 4) is 0 Å². The van der Waals surface area contributed by atoms with Crippen molar-refractivity contribution >= 4 is 0 Å². The molecule has 0 unspecified atom stereocenters. The van der Waals surface area contributed by atoms with Gasteiger partial charge in [-0.15, -0.1) is 0 Å². The first kappa shape index (κ1) is 16.8. The van der Waals surface area contributed by atoms with Crippen LogP contribution in [0, 0.1) is 0 Å². The molecule has 0 spiro atoms. The molecule has 0 saturated heterocycles. The number of hydrogen-bond donors (Lipinski definition) is 1. The summed E-state index contributed by atoms with van der Waals surface area (Å²) >= 11 is -4.16. The molecule has 4 nitrogen and oxygen atoms in total. The van der Waals surface area contributed by atoms with Gasteiger partial charge >= 0.3 is 109 Å². The summed E-state index contributed by atoms with van der Waals surface area (Å²) in [7, 11) is 0. The number of rotatable bonds is 9. The van der Waals surface area contributed by atoms with Crippen LogP contribution in [0.25, 0.3) is 0 Å². The van der Waals surface area contributed by atoms with Crippen LogP contribution in [0.5, 0.6) is 0 Å². The summed E-state index contributed by atoms with van der Waals surface area (Å²) in [5.74, 6) is 0. The normalized spacial score (nSPS) is 11.3. The van der Waals surface area contributed by atoms with Crippen LogP contribution in [0.2, 0.25) is 0 Å². The summed E-state index contributed by atoms with van der Waals surface area (Å²) in [4.78, 5) is 0. The van der Waals surface area contributed by atoms with Gasteiger partial charge < -0.3 is 0 Å². The third kappa shape index (κ3) is 9.47. The van der Waals surface area contributed by atoms with Crippen LogP contribution in [0.4, 0.5) is 0 Å². The molecule has 17 heavy (non-hydrogen) atoms. The Morgan fingerprint density at radius 1 is 0.824 bits per heavy atom. The molecule has 0 aliphatic heterocycles. The zero-order valence-corrected chi connectivity index (χ0v) is 12.5. The maximum atomic E-state index is 10.2. The molecular formula is C12H22O4Ti. The van der Waals surface area contributed by atoms with E-state index < -0.39 is 18.1 Å². The molecule has 0 heterocycles. The molecule has 0 aromatic heterocycles. The van der Waals surface area contributed by atoms with Crippen LogP contribution >= 0.6 is 0 Å². The second kappa shape index (κ2) is 7.98. The first-order valence-corrected chi connectivity index (χ1v) is 7.93. The fourth-order valence-electron chi connectivity index (χ4n) is 0.768. The van der Waals surface area contributed by atoms with E-state index in [-0.39, 0.29) is 19.8 Å². The van der Waals surface area contributed by atoms with Crippen molar-refractivity contribution < 1.29 is 31.8 Å². The first-order valence-electron chi connectivity index (χ1n) is 5.32. The van der Waals surface area contributed by atoms with Crippen molar-refractivity contribution in [3.63, 3.8) is 0 Å². The van der Waals surface area contributed by atoms with Gasteiger partial charge in [-0.25, -0.2) is 0 Å². The first-order chi connectivity index (χ1) is 7.75. The third-order valence-electron chi connectivity index (χ3n) is 1.50. The van der Waals surface area contributed by atoms with Crippen LogP contribution in [0.3, 0.4) is 0 Å². The topological polar surface area (TPSA) is 47.9 Å². The van der Waals surface area contributed by atoms with Crippen molar-refractivity contribution in [3.05, 3.63) is 36.5 Å². The van der Waals surface area contributed by atoms with Gasteiger partial charge in [0.25, 0.3) is 0 Å². The molecule has 0 bridgehead atoms. The van der Waals surface area contributed by atoms with Gasteiger partial charge in [-0.05, 0) is 0 Å². The predicted octanol–water partition coefficient (Wildman–Crippen LogP) is 2.57. The molecule has 1 N–H and O–H groups in total.